The van der Waals surface area contributed by atoms with Gasteiger partial charge in [0.05, 0.1) is 0 Å². The van der Waals surface area contributed by atoms with E-state index in [1.54, 1.807) is 0 Å². The first kappa shape index (κ1) is 20.6. The van der Waals surface area contributed by atoms with E-state index in [2.05, 4.69) is 25.1 Å². The minimum absolute atomic E-state index is 1.27. The summed E-state index contributed by atoms with van der Waals surface area (Å²) in [5, 5.41) is 0. The first-order valence-corrected chi connectivity index (χ1v) is 11.0. The molecule has 0 spiro atoms. The summed E-state index contributed by atoms with van der Waals surface area (Å²) in [4.78, 5) is 1.39. The monoisotopic (exact) mass is 333 g/mol. The Hall–Kier alpha value is -0.430. The van der Waals surface area contributed by atoms with E-state index >= 15 is 0 Å². The lowest BCUT2D eigenvalue weighted by molar-refractivity contribution is 0.538. The van der Waals surface area contributed by atoms with Crippen LogP contribution in [0.5, 0.6) is 0 Å². The third kappa shape index (κ3) is 13.7. The summed E-state index contributed by atoms with van der Waals surface area (Å²) in [5.41, 5.74) is 0. The molecule has 131 valence electrons. The van der Waals surface area contributed by atoms with Crippen LogP contribution in [0.15, 0.2) is 29.2 Å². The third-order valence-corrected chi connectivity index (χ3v) is 5.55. The van der Waals surface area contributed by atoms with Crippen LogP contribution in [-0.2, 0) is 0 Å². The highest BCUT2D eigenvalue weighted by Crippen LogP contribution is 2.19. The van der Waals surface area contributed by atoms with Crippen molar-refractivity contribution in [2.24, 2.45) is 0 Å². The van der Waals surface area contributed by atoms with Crippen molar-refractivity contribution in [2.45, 2.75) is 102 Å². The van der Waals surface area contributed by atoms with Gasteiger partial charge < -0.3 is 0 Å². The molecular weight excluding hydrogens is 296 g/mol. The van der Waals surface area contributed by atoms with E-state index in [0.29, 0.717) is 0 Å². The molecule has 0 fully saturated rings. The van der Waals surface area contributed by atoms with Crippen LogP contribution in [0.25, 0.3) is 0 Å². The van der Waals surface area contributed by atoms with Crippen LogP contribution in [0.4, 0.5) is 0 Å². The van der Waals surface area contributed by atoms with Crippen molar-refractivity contribution in [3.63, 3.8) is 0 Å². The fourth-order valence-corrected chi connectivity index (χ4v) is 3.87. The van der Waals surface area contributed by atoms with E-state index in [0.717, 1.165) is 0 Å². The van der Waals surface area contributed by atoms with Gasteiger partial charge in [0.2, 0.25) is 0 Å². The Labute approximate surface area is 149 Å². The van der Waals surface area contributed by atoms with Gasteiger partial charge in [-0.1, -0.05) is 103 Å². The molecule has 0 aliphatic rings. The van der Waals surface area contributed by atoms with Gasteiger partial charge in [-0.05, 0) is 30.4 Å². The Morgan fingerprint density at radius 2 is 1.09 bits per heavy atom. The van der Waals surface area contributed by atoms with Gasteiger partial charge in [0.25, 0.3) is 0 Å². The van der Waals surface area contributed by atoms with Gasteiger partial charge in [-0.15, -0.1) is 11.8 Å². The second kappa shape index (κ2) is 16.4. The third-order valence-electron chi connectivity index (χ3n) is 4.45. The molecule has 0 amide bonds. The van der Waals surface area contributed by atoms with Gasteiger partial charge >= 0.3 is 0 Å². The van der Waals surface area contributed by atoms with Gasteiger partial charge in [-0.25, -0.2) is 0 Å². The van der Waals surface area contributed by atoms with Crippen molar-refractivity contribution in [1.29, 1.82) is 0 Å². The van der Waals surface area contributed by atoms with Crippen LogP contribution in [0.3, 0.4) is 0 Å². The number of thioether (sulfide) groups is 1. The molecule has 1 aromatic carbocycles. The van der Waals surface area contributed by atoms with Crippen LogP contribution >= 0.6 is 11.8 Å². The maximum atomic E-state index is 3.07. The largest absolute Gasteiger partial charge is 0.126 e. The molecule has 0 saturated heterocycles. The Balaban J connectivity index is 1.72. The average molecular weight is 334 g/mol. The number of unbranched alkanes of at least 4 members (excludes halogenated alkanes) is 13. The fraction of sp³-hybridized carbons (Fsp3) is 0.727. The van der Waals surface area contributed by atoms with Crippen molar-refractivity contribution >= 4 is 11.8 Å². The lowest BCUT2D eigenvalue weighted by Gasteiger charge is -2.03. The normalized spacial score (nSPS) is 11.0. The zero-order chi connectivity index (χ0) is 16.4. The van der Waals surface area contributed by atoms with E-state index < -0.39 is 0 Å². The molecule has 0 unspecified atom stereocenters. The van der Waals surface area contributed by atoms with Gasteiger partial charge in [-0.3, -0.25) is 0 Å². The maximum absolute atomic E-state index is 3.07. The summed E-state index contributed by atoms with van der Waals surface area (Å²) in [6.07, 6.45) is 20.2. The zero-order valence-electron chi connectivity index (χ0n) is 15.3. The van der Waals surface area contributed by atoms with Gasteiger partial charge in [-0.2, -0.15) is 0 Å². The number of hydrogen-bond donors (Lipinski definition) is 0. The molecule has 0 N–H and O–H groups in total. The van der Waals surface area contributed by atoms with Crippen LogP contribution in [0.2, 0.25) is 0 Å². The summed E-state index contributed by atoms with van der Waals surface area (Å²) in [5.74, 6) is 1.27. The quantitative estimate of drug-likeness (QED) is 0.218. The van der Waals surface area contributed by atoms with Crippen LogP contribution in [0.1, 0.15) is 96.8 Å². The van der Waals surface area contributed by atoms with Crippen molar-refractivity contribution in [3.05, 3.63) is 30.3 Å². The van der Waals surface area contributed by atoms with Crippen molar-refractivity contribution in [2.75, 3.05) is 5.75 Å². The first-order chi connectivity index (χ1) is 11.4. The summed E-state index contributed by atoms with van der Waals surface area (Å²) in [7, 11) is 0. The topological polar surface area (TPSA) is 0 Å². The predicted molar refractivity (Wildman–Crippen MR) is 106 cm³/mol. The first-order valence-electron chi connectivity index (χ1n) is 10.0. The summed E-state index contributed by atoms with van der Waals surface area (Å²) < 4.78 is 0. The molecule has 0 aromatic heterocycles. The Bertz CT molecular complexity index is 333. The molecule has 0 saturated carbocycles. The van der Waals surface area contributed by atoms with Crippen molar-refractivity contribution < 1.29 is 0 Å². The minimum atomic E-state index is 1.27. The van der Waals surface area contributed by atoms with Gasteiger partial charge in [0, 0.05) is 4.90 Å². The van der Waals surface area contributed by atoms with E-state index in [1.807, 2.05) is 23.9 Å². The second-order valence-corrected chi connectivity index (χ2v) is 7.85. The van der Waals surface area contributed by atoms with Crippen molar-refractivity contribution in [1.82, 2.24) is 0 Å². The highest BCUT2D eigenvalue weighted by atomic mass is 32.2. The SMILES string of the molecule is CCCCCCCCCCCCCCCCSc1cc[c]cc1. The highest BCUT2D eigenvalue weighted by Gasteiger charge is 1.95. The summed E-state index contributed by atoms with van der Waals surface area (Å²) in [6.45, 7) is 2.29. The number of hydrogen-bond acceptors (Lipinski definition) is 1. The molecule has 0 aliphatic carbocycles. The minimum Gasteiger partial charge on any atom is -0.126 e. The highest BCUT2D eigenvalue weighted by molar-refractivity contribution is 7.99. The van der Waals surface area contributed by atoms with E-state index in [4.69, 9.17) is 0 Å². The van der Waals surface area contributed by atoms with E-state index in [-0.39, 0.29) is 0 Å². The molecule has 1 radical (unpaired) electrons. The molecule has 0 heterocycles. The average Bonchev–Trinajstić information content (AvgIpc) is 2.59. The molecule has 1 aromatic rings. The molecule has 0 aliphatic heterocycles. The van der Waals surface area contributed by atoms with Crippen LogP contribution in [0, 0.1) is 6.07 Å². The van der Waals surface area contributed by atoms with Crippen molar-refractivity contribution in [3.8, 4) is 0 Å². The predicted octanol–water partition coefficient (Wildman–Crippen LogP) is 8.06. The van der Waals surface area contributed by atoms with E-state index in [1.165, 1.54) is 101 Å². The summed E-state index contributed by atoms with van der Waals surface area (Å²) in [6, 6.07) is 11.4. The lowest BCUT2D eigenvalue weighted by Crippen LogP contribution is -1.84. The Morgan fingerprint density at radius 1 is 0.652 bits per heavy atom. The van der Waals surface area contributed by atoms with Gasteiger partial charge in [0.1, 0.15) is 0 Å². The molecular formula is C22H37S. The Morgan fingerprint density at radius 3 is 1.57 bits per heavy atom. The molecule has 0 nitrogen and oxygen atoms in total. The second-order valence-electron chi connectivity index (χ2n) is 6.68. The van der Waals surface area contributed by atoms with E-state index in [9.17, 15) is 0 Å². The molecule has 1 rings (SSSR count). The molecule has 0 atom stereocenters. The number of rotatable bonds is 16. The molecule has 0 bridgehead atoms. The molecule has 23 heavy (non-hydrogen) atoms. The summed E-state index contributed by atoms with van der Waals surface area (Å²) >= 11 is 1.98. The maximum Gasteiger partial charge on any atom is 0.00723 e. The number of benzene rings is 1. The van der Waals surface area contributed by atoms with Crippen LogP contribution < -0.4 is 0 Å². The fourth-order valence-electron chi connectivity index (χ4n) is 2.95. The van der Waals surface area contributed by atoms with Gasteiger partial charge in [0.15, 0.2) is 0 Å². The smallest absolute Gasteiger partial charge is 0.00723 e. The zero-order valence-corrected chi connectivity index (χ0v) is 16.1. The molecule has 1 heteroatoms. The standard InChI is InChI=1S/C22H37S/c1-2-3-4-5-6-7-8-9-10-11-12-13-14-18-21-23-22-19-16-15-17-20-22/h16-17,19-20H,2-14,18,21H2,1H3. The Kier molecular flexibility index (Phi) is 14.7. The lowest BCUT2D eigenvalue weighted by atomic mass is 10.0. The van der Waals surface area contributed by atoms with Crippen LogP contribution in [-0.4, -0.2) is 5.75 Å².